The lowest BCUT2D eigenvalue weighted by atomic mass is 10.1. The number of hydrogen-bond acceptors (Lipinski definition) is 2. The molecule has 21 heavy (non-hydrogen) atoms. The van der Waals surface area contributed by atoms with Gasteiger partial charge in [0.2, 0.25) is 0 Å². The Labute approximate surface area is 126 Å². The van der Waals surface area contributed by atoms with E-state index >= 15 is 0 Å². The number of anilines is 1. The average Bonchev–Trinajstić information content (AvgIpc) is 2.67. The molecule has 0 fully saturated rings. The predicted molar refractivity (Wildman–Crippen MR) is 85.7 cm³/mol. The zero-order valence-corrected chi connectivity index (χ0v) is 13.4. The molecule has 0 saturated heterocycles. The van der Waals surface area contributed by atoms with Crippen molar-refractivity contribution in [1.29, 1.82) is 0 Å². The number of rotatable bonds is 4. The molecule has 2 aromatic rings. The highest BCUT2D eigenvalue weighted by Crippen LogP contribution is 2.32. The molecule has 0 aliphatic rings. The van der Waals surface area contributed by atoms with Gasteiger partial charge in [0.1, 0.15) is 23.2 Å². The molecule has 4 heteroatoms. The van der Waals surface area contributed by atoms with Crippen molar-refractivity contribution in [3.05, 3.63) is 35.4 Å². The van der Waals surface area contributed by atoms with Gasteiger partial charge < -0.3 is 10.3 Å². The second-order valence-electron chi connectivity index (χ2n) is 6.32. The summed E-state index contributed by atoms with van der Waals surface area (Å²) < 4.78 is 15.4. The first-order valence-electron chi connectivity index (χ1n) is 7.43. The Hall–Kier alpha value is -1.84. The Bertz CT molecular complexity index is 642. The lowest BCUT2D eigenvalue weighted by Gasteiger charge is -2.14. The van der Waals surface area contributed by atoms with Crippen molar-refractivity contribution in [2.24, 2.45) is 5.92 Å². The lowest BCUT2D eigenvalue weighted by molar-refractivity contribution is 0.502. The summed E-state index contributed by atoms with van der Waals surface area (Å²) in [7, 11) is 0. The molecule has 0 spiro atoms. The summed E-state index contributed by atoms with van der Waals surface area (Å²) in [6, 6.07) is 4.73. The van der Waals surface area contributed by atoms with Gasteiger partial charge in [0.15, 0.2) is 0 Å². The van der Waals surface area contributed by atoms with Crippen LogP contribution in [0, 0.1) is 18.7 Å². The van der Waals surface area contributed by atoms with E-state index in [0.29, 0.717) is 17.7 Å². The fraction of sp³-hybridized carbons (Fsp3) is 0.471. The molecular formula is C17H24FN3. The van der Waals surface area contributed by atoms with E-state index in [0.717, 1.165) is 29.2 Å². The Morgan fingerprint density at radius 2 is 1.90 bits per heavy atom. The molecule has 1 heterocycles. The Morgan fingerprint density at radius 3 is 2.43 bits per heavy atom. The van der Waals surface area contributed by atoms with Gasteiger partial charge in [-0.1, -0.05) is 27.7 Å². The minimum Gasteiger partial charge on any atom is -0.383 e. The van der Waals surface area contributed by atoms with Crippen LogP contribution in [0.5, 0.6) is 0 Å². The maximum absolute atomic E-state index is 13.3. The summed E-state index contributed by atoms with van der Waals surface area (Å²) in [4.78, 5) is 4.74. The van der Waals surface area contributed by atoms with Crippen LogP contribution in [0.3, 0.4) is 0 Å². The summed E-state index contributed by atoms with van der Waals surface area (Å²) in [5, 5.41) is 0. The normalized spacial score (nSPS) is 11.6. The Kier molecular flexibility index (Phi) is 4.35. The summed E-state index contributed by atoms with van der Waals surface area (Å²) in [5.41, 5.74) is 8.85. The van der Waals surface area contributed by atoms with Crippen LogP contribution < -0.4 is 5.73 Å². The molecular weight excluding hydrogens is 265 g/mol. The number of aromatic nitrogens is 2. The molecule has 0 amide bonds. The summed E-state index contributed by atoms with van der Waals surface area (Å²) in [5.74, 6) is 2.20. The number of imidazole rings is 1. The monoisotopic (exact) mass is 289 g/mol. The maximum Gasteiger partial charge on any atom is 0.131 e. The van der Waals surface area contributed by atoms with E-state index in [2.05, 4.69) is 32.3 Å². The lowest BCUT2D eigenvalue weighted by Crippen LogP contribution is -2.12. The van der Waals surface area contributed by atoms with Crippen LogP contribution in [-0.2, 0) is 6.54 Å². The van der Waals surface area contributed by atoms with Crippen molar-refractivity contribution in [2.75, 3.05) is 5.73 Å². The maximum atomic E-state index is 13.3. The van der Waals surface area contributed by atoms with E-state index in [9.17, 15) is 4.39 Å². The minimum atomic E-state index is -0.236. The van der Waals surface area contributed by atoms with E-state index in [4.69, 9.17) is 10.7 Å². The largest absolute Gasteiger partial charge is 0.383 e. The van der Waals surface area contributed by atoms with Gasteiger partial charge in [0.05, 0.1) is 0 Å². The number of hydrogen-bond donors (Lipinski definition) is 1. The van der Waals surface area contributed by atoms with Crippen molar-refractivity contribution in [2.45, 2.75) is 47.1 Å². The second-order valence-corrected chi connectivity index (χ2v) is 6.32. The molecule has 2 N–H and O–H groups in total. The molecule has 1 aromatic carbocycles. The quantitative estimate of drug-likeness (QED) is 0.908. The SMILES string of the molecule is Cc1cc(F)ccc1-c1nc(C(C)C)n(CC(C)C)c1N. The van der Waals surface area contributed by atoms with Crippen LogP contribution >= 0.6 is 0 Å². The topological polar surface area (TPSA) is 43.8 Å². The highest BCUT2D eigenvalue weighted by molar-refractivity contribution is 5.73. The molecule has 0 radical (unpaired) electrons. The molecule has 0 aliphatic heterocycles. The smallest absolute Gasteiger partial charge is 0.131 e. The number of nitrogen functional groups attached to an aromatic ring is 1. The molecule has 114 valence electrons. The van der Waals surface area contributed by atoms with E-state index in [-0.39, 0.29) is 5.82 Å². The molecule has 2 rings (SSSR count). The average molecular weight is 289 g/mol. The number of aryl methyl sites for hydroxylation is 1. The van der Waals surface area contributed by atoms with Crippen LogP contribution in [0.2, 0.25) is 0 Å². The minimum absolute atomic E-state index is 0.236. The summed E-state index contributed by atoms with van der Waals surface area (Å²) >= 11 is 0. The number of nitrogens with zero attached hydrogens (tertiary/aromatic N) is 2. The van der Waals surface area contributed by atoms with Crippen LogP contribution in [0.1, 0.15) is 45.0 Å². The second kappa shape index (κ2) is 5.88. The molecule has 3 nitrogen and oxygen atoms in total. The van der Waals surface area contributed by atoms with Crippen molar-refractivity contribution in [3.8, 4) is 11.3 Å². The highest BCUT2D eigenvalue weighted by atomic mass is 19.1. The van der Waals surface area contributed by atoms with Crippen LogP contribution in [0.4, 0.5) is 10.2 Å². The predicted octanol–water partition coefficient (Wildman–Crippen LogP) is 4.36. The van der Waals surface area contributed by atoms with Crippen LogP contribution in [0.25, 0.3) is 11.3 Å². The zero-order chi connectivity index (χ0) is 15.7. The molecule has 0 atom stereocenters. The van der Waals surface area contributed by atoms with Gasteiger partial charge in [0.25, 0.3) is 0 Å². The summed E-state index contributed by atoms with van der Waals surface area (Å²) in [6.07, 6.45) is 0. The van der Waals surface area contributed by atoms with Gasteiger partial charge in [-0.25, -0.2) is 9.37 Å². The van der Waals surface area contributed by atoms with Gasteiger partial charge in [-0.2, -0.15) is 0 Å². The van der Waals surface area contributed by atoms with Gasteiger partial charge in [-0.3, -0.25) is 0 Å². The molecule has 0 unspecified atom stereocenters. The van der Waals surface area contributed by atoms with Crippen molar-refractivity contribution in [1.82, 2.24) is 9.55 Å². The fourth-order valence-electron chi connectivity index (χ4n) is 2.57. The molecule has 0 aliphatic carbocycles. The standard InChI is InChI=1S/C17H24FN3/c1-10(2)9-21-16(19)15(20-17(21)11(3)4)14-7-6-13(18)8-12(14)5/h6-8,10-11H,9,19H2,1-5H3. The summed E-state index contributed by atoms with van der Waals surface area (Å²) in [6.45, 7) is 11.3. The van der Waals surface area contributed by atoms with Gasteiger partial charge >= 0.3 is 0 Å². The number of halogens is 1. The first kappa shape index (κ1) is 15.5. The van der Waals surface area contributed by atoms with Crippen molar-refractivity contribution >= 4 is 5.82 Å². The van der Waals surface area contributed by atoms with E-state index in [1.54, 1.807) is 6.07 Å². The van der Waals surface area contributed by atoms with Crippen LogP contribution in [-0.4, -0.2) is 9.55 Å². The van der Waals surface area contributed by atoms with E-state index in [1.807, 2.05) is 6.92 Å². The molecule has 0 saturated carbocycles. The third-order valence-electron chi connectivity index (χ3n) is 3.54. The highest BCUT2D eigenvalue weighted by Gasteiger charge is 2.20. The van der Waals surface area contributed by atoms with Crippen molar-refractivity contribution in [3.63, 3.8) is 0 Å². The molecule has 0 bridgehead atoms. The zero-order valence-electron chi connectivity index (χ0n) is 13.4. The van der Waals surface area contributed by atoms with Gasteiger partial charge in [-0.15, -0.1) is 0 Å². The first-order valence-corrected chi connectivity index (χ1v) is 7.43. The number of nitrogens with two attached hydrogens (primary N) is 1. The Morgan fingerprint density at radius 1 is 1.24 bits per heavy atom. The van der Waals surface area contributed by atoms with Crippen LogP contribution in [0.15, 0.2) is 18.2 Å². The van der Waals surface area contributed by atoms with Gasteiger partial charge in [0, 0.05) is 18.0 Å². The number of benzene rings is 1. The fourth-order valence-corrected chi connectivity index (χ4v) is 2.57. The van der Waals surface area contributed by atoms with Crippen molar-refractivity contribution < 1.29 is 4.39 Å². The first-order chi connectivity index (χ1) is 9.81. The third-order valence-corrected chi connectivity index (χ3v) is 3.54. The van der Waals surface area contributed by atoms with E-state index in [1.165, 1.54) is 12.1 Å². The Balaban J connectivity index is 2.59. The van der Waals surface area contributed by atoms with E-state index < -0.39 is 0 Å². The molecule has 1 aromatic heterocycles. The third kappa shape index (κ3) is 3.09. The van der Waals surface area contributed by atoms with Gasteiger partial charge in [-0.05, 0) is 36.6 Å².